The molecule has 29 heavy (non-hydrogen) atoms. The highest BCUT2D eigenvalue weighted by molar-refractivity contribution is 7.79. The molecule has 152 valence electrons. The minimum Gasteiger partial charge on any atom is -0.327 e. The molecule has 0 amide bonds. The van der Waals surface area contributed by atoms with Gasteiger partial charge in [0, 0.05) is 11.1 Å². The first-order chi connectivity index (χ1) is 13.6. The molecule has 0 atom stereocenters. The van der Waals surface area contributed by atoms with Gasteiger partial charge in [-0.2, -0.15) is 0 Å². The minimum absolute atomic E-state index is 0.575. The average molecular weight is 407 g/mol. The van der Waals surface area contributed by atoms with Crippen LogP contribution in [0.15, 0.2) is 78.9 Å². The van der Waals surface area contributed by atoms with Crippen molar-refractivity contribution in [3.63, 3.8) is 0 Å². The Hall–Kier alpha value is -1.99. The zero-order valence-electron chi connectivity index (χ0n) is 18.8. The molecule has 0 heterocycles. The molecule has 0 aliphatic carbocycles. The number of nitrogens with zero attached hydrogens (tertiary/aromatic N) is 2. The van der Waals surface area contributed by atoms with E-state index in [1.165, 1.54) is 27.0 Å². The Balaban J connectivity index is 2.15. The first-order valence-electron chi connectivity index (χ1n) is 10.2. The second-order valence-corrected chi connectivity index (χ2v) is 12.1. The Kier molecular flexibility index (Phi) is 6.58. The summed E-state index contributed by atoms with van der Waals surface area (Å²) in [5.74, 6) is 0. The van der Waals surface area contributed by atoms with Crippen LogP contribution in [-0.4, -0.2) is 51.3 Å². The molecule has 0 fully saturated rings. The monoisotopic (exact) mass is 406 g/mol. The zero-order valence-corrected chi connectivity index (χ0v) is 19.7. The number of benzene rings is 3. The maximum Gasteiger partial charge on any atom is 0.104 e. The van der Waals surface area contributed by atoms with E-state index in [1.807, 2.05) is 0 Å². The normalized spacial score (nSPS) is 12.4. The molecular formula is C26H35N2P+2. The highest BCUT2D eigenvalue weighted by Crippen LogP contribution is 2.33. The van der Waals surface area contributed by atoms with Gasteiger partial charge in [0.25, 0.3) is 0 Å². The highest BCUT2D eigenvalue weighted by atomic mass is 31.1. The van der Waals surface area contributed by atoms with Crippen molar-refractivity contribution in [2.45, 2.75) is 13.1 Å². The Morgan fingerprint density at radius 3 is 1.24 bits per heavy atom. The predicted octanol–water partition coefficient (Wildman–Crippen LogP) is 3.86. The summed E-state index contributed by atoms with van der Waals surface area (Å²) in [5.41, 5.74) is 2.86. The van der Waals surface area contributed by atoms with Crippen molar-refractivity contribution in [1.29, 1.82) is 0 Å². The fourth-order valence-electron chi connectivity index (χ4n) is 3.75. The molecule has 2 nitrogen and oxygen atoms in total. The van der Waals surface area contributed by atoms with E-state index in [9.17, 15) is 0 Å². The van der Waals surface area contributed by atoms with Crippen LogP contribution in [0.3, 0.4) is 0 Å². The molecular weight excluding hydrogens is 371 g/mol. The smallest absolute Gasteiger partial charge is 0.104 e. The molecule has 0 saturated heterocycles. The molecule has 3 heteroatoms. The van der Waals surface area contributed by atoms with E-state index in [-0.39, 0.29) is 0 Å². The standard InChI is InChI=1S/C26H35N2P/c1-27(2,3)20-22-17-23(21-28(4,5)6)19-26(18-22)29(24-13-9-7-10-14-24)25-15-11-8-12-16-25/h7-19H,20-21H2,1-6H3/q+2. The highest BCUT2D eigenvalue weighted by Gasteiger charge is 2.20. The Morgan fingerprint density at radius 2 is 0.897 bits per heavy atom. The minimum atomic E-state index is -0.575. The molecule has 0 spiro atoms. The lowest BCUT2D eigenvalue weighted by Crippen LogP contribution is -2.35. The number of hydrogen-bond acceptors (Lipinski definition) is 0. The van der Waals surface area contributed by atoms with E-state index < -0.39 is 7.92 Å². The van der Waals surface area contributed by atoms with Crippen molar-refractivity contribution in [3.8, 4) is 0 Å². The van der Waals surface area contributed by atoms with Crippen LogP contribution in [0.2, 0.25) is 0 Å². The molecule has 0 aliphatic rings. The van der Waals surface area contributed by atoms with Gasteiger partial charge in [-0.1, -0.05) is 60.7 Å². The van der Waals surface area contributed by atoms with Gasteiger partial charge < -0.3 is 8.97 Å². The Morgan fingerprint density at radius 1 is 0.517 bits per heavy atom. The molecule has 0 aliphatic heterocycles. The molecule has 0 aromatic heterocycles. The topological polar surface area (TPSA) is 0 Å². The molecule has 0 saturated carbocycles. The summed E-state index contributed by atoms with van der Waals surface area (Å²) in [6.07, 6.45) is 0. The summed E-state index contributed by atoms with van der Waals surface area (Å²) in [7, 11) is 13.0. The van der Waals surface area contributed by atoms with Crippen LogP contribution in [-0.2, 0) is 13.1 Å². The van der Waals surface area contributed by atoms with Crippen LogP contribution in [0, 0.1) is 0 Å². The van der Waals surface area contributed by atoms with Crippen molar-refractivity contribution in [3.05, 3.63) is 90.0 Å². The van der Waals surface area contributed by atoms with Crippen LogP contribution in [0.5, 0.6) is 0 Å². The van der Waals surface area contributed by atoms with Gasteiger partial charge in [-0.15, -0.1) is 0 Å². The van der Waals surface area contributed by atoms with Gasteiger partial charge in [0.1, 0.15) is 13.1 Å². The summed E-state index contributed by atoms with van der Waals surface area (Å²) >= 11 is 0. The molecule has 0 bridgehead atoms. The second-order valence-electron chi connectivity index (χ2n) is 9.91. The zero-order chi connectivity index (χ0) is 21.1. The van der Waals surface area contributed by atoms with E-state index in [0.717, 1.165) is 22.1 Å². The van der Waals surface area contributed by atoms with Crippen molar-refractivity contribution < 1.29 is 8.97 Å². The number of hydrogen-bond donors (Lipinski definition) is 0. The first kappa shape index (κ1) is 21.7. The van der Waals surface area contributed by atoms with E-state index in [1.54, 1.807) is 0 Å². The number of rotatable bonds is 7. The Bertz CT molecular complexity index is 849. The molecule has 3 rings (SSSR count). The van der Waals surface area contributed by atoms with Gasteiger partial charge >= 0.3 is 0 Å². The van der Waals surface area contributed by atoms with Crippen LogP contribution < -0.4 is 15.9 Å². The SMILES string of the molecule is C[N+](C)(C)Cc1cc(C[N+](C)(C)C)cc(P(c2ccccc2)c2ccccc2)c1. The van der Waals surface area contributed by atoms with Crippen molar-refractivity contribution >= 4 is 23.8 Å². The number of quaternary nitrogens is 2. The van der Waals surface area contributed by atoms with Crippen LogP contribution >= 0.6 is 7.92 Å². The van der Waals surface area contributed by atoms with E-state index in [2.05, 4.69) is 121 Å². The van der Waals surface area contributed by atoms with Crippen LogP contribution in [0.25, 0.3) is 0 Å². The van der Waals surface area contributed by atoms with Crippen molar-refractivity contribution in [2.24, 2.45) is 0 Å². The third-order valence-electron chi connectivity index (χ3n) is 4.64. The lowest BCUT2D eigenvalue weighted by atomic mass is 10.1. The lowest BCUT2D eigenvalue weighted by Gasteiger charge is -2.28. The van der Waals surface area contributed by atoms with Crippen molar-refractivity contribution in [2.75, 3.05) is 42.3 Å². The molecule has 3 aromatic carbocycles. The maximum absolute atomic E-state index is 2.45. The van der Waals surface area contributed by atoms with Gasteiger partial charge in [-0.3, -0.25) is 0 Å². The fraction of sp³-hybridized carbons (Fsp3) is 0.308. The van der Waals surface area contributed by atoms with Gasteiger partial charge in [0.2, 0.25) is 0 Å². The molecule has 3 aromatic rings. The summed E-state index contributed by atoms with van der Waals surface area (Å²) in [4.78, 5) is 0. The van der Waals surface area contributed by atoms with E-state index in [4.69, 9.17) is 0 Å². The van der Waals surface area contributed by atoms with Gasteiger partial charge in [-0.25, -0.2) is 0 Å². The fourth-order valence-corrected chi connectivity index (χ4v) is 6.18. The van der Waals surface area contributed by atoms with Crippen LogP contribution in [0.4, 0.5) is 0 Å². The van der Waals surface area contributed by atoms with Crippen LogP contribution in [0.1, 0.15) is 11.1 Å². The Labute approximate surface area is 178 Å². The predicted molar refractivity (Wildman–Crippen MR) is 129 cm³/mol. The molecule has 0 N–H and O–H groups in total. The summed E-state index contributed by atoms with van der Waals surface area (Å²) in [6.45, 7) is 2.06. The molecule has 0 unspecified atom stereocenters. The van der Waals surface area contributed by atoms with Gasteiger partial charge in [0.05, 0.1) is 42.3 Å². The third-order valence-corrected chi connectivity index (χ3v) is 7.04. The van der Waals surface area contributed by atoms with Gasteiger partial charge in [-0.05, 0) is 42.0 Å². The summed E-state index contributed by atoms with van der Waals surface area (Å²) < 4.78 is 1.86. The first-order valence-corrected chi connectivity index (χ1v) is 11.6. The summed E-state index contributed by atoms with van der Waals surface area (Å²) in [6, 6.07) is 29.3. The van der Waals surface area contributed by atoms with E-state index in [0.29, 0.717) is 0 Å². The average Bonchev–Trinajstić information content (AvgIpc) is 2.61. The molecule has 0 radical (unpaired) electrons. The van der Waals surface area contributed by atoms with Gasteiger partial charge in [0.15, 0.2) is 0 Å². The summed E-state index contributed by atoms with van der Waals surface area (Å²) in [5, 5.41) is 4.27. The second kappa shape index (κ2) is 8.79. The third kappa shape index (κ3) is 6.51. The largest absolute Gasteiger partial charge is 0.327 e. The quantitative estimate of drug-likeness (QED) is 0.413. The lowest BCUT2D eigenvalue weighted by molar-refractivity contribution is -0.884. The van der Waals surface area contributed by atoms with E-state index >= 15 is 0 Å². The van der Waals surface area contributed by atoms with Crippen molar-refractivity contribution in [1.82, 2.24) is 0 Å². The maximum atomic E-state index is 2.45.